The Hall–Kier alpha value is -7.36. The lowest BCUT2D eigenvalue weighted by molar-refractivity contribution is -0.132. The first kappa shape index (κ1) is 30.7. The summed E-state index contributed by atoms with van der Waals surface area (Å²) in [7, 11) is 0. The lowest BCUT2D eigenvalue weighted by Crippen LogP contribution is -2.10. The van der Waals surface area contributed by atoms with Crippen LogP contribution in [0.1, 0.15) is 5.56 Å². The molecule has 0 fully saturated rings. The van der Waals surface area contributed by atoms with Gasteiger partial charge in [0, 0.05) is 50.0 Å². The number of para-hydroxylation sites is 4. The van der Waals surface area contributed by atoms with Crippen LogP contribution in [0.4, 0.5) is 17.1 Å². The third-order valence-electron chi connectivity index (χ3n) is 9.71. The highest BCUT2D eigenvalue weighted by Crippen LogP contribution is 2.38. The number of hydrogen-bond donors (Lipinski definition) is 1. The third-order valence-corrected chi connectivity index (χ3v) is 9.71. The normalized spacial score (nSPS) is 11.7. The van der Waals surface area contributed by atoms with Crippen LogP contribution in [0.5, 0.6) is 0 Å². The number of aliphatic carboxylic acids is 1. The summed E-state index contributed by atoms with van der Waals surface area (Å²) in [5.41, 5.74) is 9.83. The van der Waals surface area contributed by atoms with Crippen molar-refractivity contribution in [2.75, 3.05) is 4.90 Å². The largest absolute Gasteiger partial charge is 0.477 e. The molecule has 2 heterocycles. The van der Waals surface area contributed by atoms with Crippen molar-refractivity contribution in [3.8, 4) is 17.4 Å². The van der Waals surface area contributed by atoms with Crippen LogP contribution in [0.15, 0.2) is 175 Å². The Kier molecular flexibility index (Phi) is 7.38. The maximum absolute atomic E-state index is 11.5. The maximum atomic E-state index is 11.5. The Morgan fingerprint density at radius 3 is 1.15 bits per heavy atom. The Morgan fingerprint density at radius 2 is 0.827 bits per heavy atom. The van der Waals surface area contributed by atoms with E-state index in [0.29, 0.717) is 5.56 Å². The number of anilines is 3. The van der Waals surface area contributed by atoms with Gasteiger partial charge in [0.15, 0.2) is 0 Å². The van der Waals surface area contributed by atoms with Gasteiger partial charge in [0.2, 0.25) is 0 Å². The molecule has 0 bridgehead atoms. The molecule has 0 radical (unpaired) electrons. The quantitative estimate of drug-likeness (QED) is 0.135. The first-order chi connectivity index (χ1) is 25.6. The summed E-state index contributed by atoms with van der Waals surface area (Å²) in [5.74, 6) is -1.25. The average molecular weight is 671 g/mol. The van der Waals surface area contributed by atoms with Crippen molar-refractivity contribution in [1.29, 1.82) is 5.26 Å². The predicted octanol–water partition coefficient (Wildman–Crippen LogP) is 11.3. The second kappa shape index (κ2) is 12.5. The minimum Gasteiger partial charge on any atom is -0.477 e. The van der Waals surface area contributed by atoms with Crippen molar-refractivity contribution < 1.29 is 9.90 Å². The van der Waals surface area contributed by atoms with E-state index in [4.69, 9.17) is 0 Å². The maximum Gasteiger partial charge on any atom is 0.346 e. The van der Waals surface area contributed by atoms with Gasteiger partial charge in [-0.15, -0.1) is 0 Å². The number of hydrogen-bond acceptors (Lipinski definition) is 3. The fourth-order valence-electron chi connectivity index (χ4n) is 7.38. The van der Waals surface area contributed by atoms with Gasteiger partial charge in [-0.3, -0.25) is 0 Å². The predicted molar refractivity (Wildman–Crippen MR) is 211 cm³/mol. The van der Waals surface area contributed by atoms with Crippen LogP contribution in [0.3, 0.4) is 0 Å². The van der Waals surface area contributed by atoms with Crippen LogP contribution < -0.4 is 4.90 Å². The number of aromatic nitrogens is 2. The highest BCUT2D eigenvalue weighted by molar-refractivity contribution is 6.10. The van der Waals surface area contributed by atoms with Gasteiger partial charge in [-0.1, -0.05) is 84.9 Å². The summed E-state index contributed by atoms with van der Waals surface area (Å²) in [4.78, 5) is 13.7. The van der Waals surface area contributed by atoms with Gasteiger partial charge in [0.25, 0.3) is 0 Å². The van der Waals surface area contributed by atoms with E-state index in [1.54, 1.807) is 6.07 Å². The Labute approximate surface area is 299 Å². The molecular weight excluding hydrogens is 641 g/mol. The highest BCUT2D eigenvalue weighted by Gasteiger charge is 2.17. The molecule has 246 valence electrons. The topological polar surface area (TPSA) is 74.2 Å². The number of carboxylic acids is 1. The number of nitrogens with zero attached hydrogens (tertiary/aromatic N) is 4. The molecule has 0 aliphatic carbocycles. The minimum atomic E-state index is -1.25. The molecule has 0 saturated carbocycles. The number of carbonyl (C=O) groups is 1. The van der Waals surface area contributed by atoms with Gasteiger partial charge < -0.3 is 19.1 Å². The van der Waals surface area contributed by atoms with E-state index in [1.807, 2.05) is 24.3 Å². The number of benzene rings is 7. The smallest absolute Gasteiger partial charge is 0.346 e. The van der Waals surface area contributed by atoms with E-state index in [1.165, 1.54) is 27.6 Å². The summed E-state index contributed by atoms with van der Waals surface area (Å²) in [5, 5.41) is 23.5. The Balaban J connectivity index is 1.16. The number of fused-ring (bicyclic) bond motifs is 6. The van der Waals surface area contributed by atoms with Crippen molar-refractivity contribution in [3.05, 3.63) is 181 Å². The lowest BCUT2D eigenvalue weighted by atomic mass is 10.1. The summed E-state index contributed by atoms with van der Waals surface area (Å²) in [6, 6.07) is 60.4. The lowest BCUT2D eigenvalue weighted by Gasteiger charge is -2.26. The molecule has 0 aliphatic rings. The van der Waals surface area contributed by atoms with Gasteiger partial charge in [0.05, 0.1) is 22.1 Å². The number of nitriles is 1. The molecule has 7 aromatic carbocycles. The molecular formula is C46H30N4O2. The van der Waals surface area contributed by atoms with Gasteiger partial charge in [-0.25, -0.2) is 4.79 Å². The van der Waals surface area contributed by atoms with Crippen LogP contribution in [-0.4, -0.2) is 20.2 Å². The molecule has 52 heavy (non-hydrogen) atoms. The van der Waals surface area contributed by atoms with Crippen molar-refractivity contribution in [3.63, 3.8) is 0 Å². The summed E-state index contributed by atoms with van der Waals surface area (Å²) in [6.07, 6.45) is 1.39. The van der Waals surface area contributed by atoms with Crippen LogP contribution >= 0.6 is 0 Å². The van der Waals surface area contributed by atoms with Gasteiger partial charge >= 0.3 is 5.97 Å². The zero-order chi connectivity index (χ0) is 35.2. The first-order valence-corrected chi connectivity index (χ1v) is 17.0. The monoisotopic (exact) mass is 670 g/mol. The molecule has 0 spiro atoms. The minimum absolute atomic E-state index is 0.314. The van der Waals surface area contributed by atoms with Gasteiger partial charge in [-0.05, 0) is 96.6 Å². The molecule has 0 aliphatic heterocycles. The second-order valence-corrected chi connectivity index (χ2v) is 12.7. The fraction of sp³-hybridized carbons (Fsp3) is 0. The standard InChI is InChI=1S/C46H30N4O2/c47-30-32(46(51)52)29-31-17-19-33(20-18-31)48(34-21-25-36(26-22-34)49-42-13-5-1-9-38(42)39-10-2-6-14-43(39)49)35-23-27-37(28-24-35)50-44-15-7-3-11-40(44)41-12-4-8-16-45(41)50/h1-29H,(H,51,52)/b32-29-. The molecule has 6 heteroatoms. The van der Waals surface area contributed by atoms with Crippen molar-refractivity contribution in [2.24, 2.45) is 0 Å². The van der Waals surface area contributed by atoms with E-state index >= 15 is 0 Å². The molecule has 6 nitrogen and oxygen atoms in total. The van der Waals surface area contributed by atoms with E-state index in [2.05, 4.69) is 160 Å². The summed E-state index contributed by atoms with van der Waals surface area (Å²) >= 11 is 0. The molecule has 0 unspecified atom stereocenters. The van der Waals surface area contributed by atoms with Crippen LogP contribution in [-0.2, 0) is 4.79 Å². The molecule has 0 saturated heterocycles. The van der Waals surface area contributed by atoms with E-state index in [-0.39, 0.29) is 5.57 Å². The molecule has 9 aromatic rings. The van der Waals surface area contributed by atoms with E-state index in [0.717, 1.165) is 50.5 Å². The zero-order valence-electron chi connectivity index (χ0n) is 27.9. The molecule has 9 rings (SSSR count). The van der Waals surface area contributed by atoms with E-state index in [9.17, 15) is 15.2 Å². The van der Waals surface area contributed by atoms with Crippen LogP contribution in [0.2, 0.25) is 0 Å². The Morgan fingerprint density at radius 1 is 0.500 bits per heavy atom. The molecule has 2 aromatic heterocycles. The second-order valence-electron chi connectivity index (χ2n) is 12.7. The number of carboxylic acid groups (broad SMARTS) is 1. The first-order valence-electron chi connectivity index (χ1n) is 17.0. The van der Waals surface area contributed by atoms with Crippen molar-refractivity contribution in [1.82, 2.24) is 9.13 Å². The van der Waals surface area contributed by atoms with Gasteiger partial charge in [0.1, 0.15) is 11.6 Å². The van der Waals surface area contributed by atoms with Crippen LogP contribution in [0.25, 0.3) is 61.1 Å². The average Bonchev–Trinajstić information content (AvgIpc) is 3.71. The number of rotatable bonds is 7. The Bertz CT molecular complexity index is 2610. The van der Waals surface area contributed by atoms with Crippen molar-refractivity contribution in [2.45, 2.75) is 0 Å². The fourth-order valence-corrected chi connectivity index (χ4v) is 7.38. The molecule has 0 atom stereocenters. The van der Waals surface area contributed by atoms with Crippen LogP contribution in [0, 0.1) is 11.3 Å². The SMILES string of the molecule is N#C/C(=C/c1ccc(N(c2ccc(-n3c4ccccc4c4ccccc43)cc2)c2ccc(-n3c4ccccc4c4ccccc43)cc2)cc1)C(=O)O. The highest BCUT2D eigenvalue weighted by atomic mass is 16.4. The molecule has 0 amide bonds. The van der Waals surface area contributed by atoms with Gasteiger partial charge in [-0.2, -0.15) is 5.26 Å². The van der Waals surface area contributed by atoms with E-state index < -0.39 is 5.97 Å². The summed E-state index contributed by atoms with van der Waals surface area (Å²) < 4.78 is 4.60. The third kappa shape index (κ3) is 5.08. The van der Waals surface area contributed by atoms with Crippen molar-refractivity contribution >= 4 is 72.7 Å². The summed E-state index contributed by atoms with van der Waals surface area (Å²) in [6.45, 7) is 0. The molecule has 1 N–H and O–H groups in total. The zero-order valence-corrected chi connectivity index (χ0v) is 27.9.